The van der Waals surface area contributed by atoms with E-state index in [4.69, 9.17) is 0 Å². The van der Waals surface area contributed by atoms with Gasteiger partial charge in [0.05, 0.1) is 12.2 Å². The lowest BCUT2D eigenvalue weighted by Crippen LogP contribution is -2.42. The summed E-state index contributed by atoms with van der Waals surface area (Å²) in [4.78, 5) is 2.26. The number of aliphatic hydroxyl groups excluding tert-OH is 2. The van der Waals surface area contributed by atoms with Gasteiger partial charge in [-0.1, -0.05) is 22.9 Å². The van der Waals surface area contributed by atoms with E-state index >= 15 is 0 Å². The third-order valence-electron chi connectivity index (χ3n) is 3.64. The molecule has 1 saturated heterocycles. The van der Waals surface area contributed by atoms with Crippen LogP contribution in [0.25, 0.3) is 0 Å². The number of benzene rings is 1. The maximum atomic E-state index is 9.88. The van der Waals surface area contributed by atoms with Crippen molar-refractivity contribution in [1.29, 1.82) is 0 Å². The molecule has 2 N–H and O–H groups in total. The van der Waals surface area contributed by atoms with Crippen LogP contribution in [0.15, 0.2) is 22.7 Å². The van der Waals surface area contributed by atoms with Crippen molar-refractivity contribution in [3.05, 3.63) is 28.2 Å². The SMILES string of the molecule is CC(O)c1cc(Br)ccc1N1CCC(O)C(C)C1. The van der Waals surface area contributed by atoms with E-state index < -0.39 is 6.10 Å². The molecular weight excluding hydrogens is 294 g/mol. The van der Waals surface area contributed by atoms with Crippen molar-refractivity contribution < 1.29 is 10.2 Å². The molecule has 100 valence electrons. The van der Waals surface area contributed by atoms with E-state index in [1.54, 1.807) is 6.92 Å². The number of rotatable bonds is 2. The second-order valence-corrected chi connectivity index (χ2v) is 6.07. The summed E-state index contributed by atoms with van der Waals surface area (Å²) in [5.74, 6) is 0.268. The maximum absolute atomic E-state index is 9.88. The predicted octanol–water partition coefficient (Wildman–Crippen LogP) is 2.71. The van der Waals surface area contributed by atoms with Crippen molar-refractivity contribution in [1.82, 2.24) is 0 Å². The summed E-state index contributed by atoms with van der Waals surface area (Å²) in [6, 6.07) is 6.00. The number of hydrogen-bond acceptors (Lipinski definition) is 3. The smallest absolute Gasteiger partial charge is 0.0782 e. The van der Waals surface area contributed by atoms with Crippen LogP contribution in [0.3, 0.4) is 0 Å². The summed E-state index contributed by atoms with van der Waals surface area (Å²) < 4.78 is 0.979. The van der Waals surface area contributed by atoms with Crippen LogP contribution in [0, 0.1) is 5.92 Å². The second kappa shape index (κ2) is 5.59. The van der Waals surface area contributed by atoms with Crippen LogP contribution < -0.4 is 4.90 Å². The molecule has 3 nitrogen and oxygen atoms in total. The largest absolute Gasteiger partial charge is 0.393 e. The number of nitrogens with zero attached hydrogens (tertiary/aromatic N) is 1. The lowest BCUT2D eigenvalue weighted by Gasteiger charge is -2.37. The lowest BCUT2D eigenvalue weighted by atomic mass is 9.95. The molecule has 2 rings (SSSR count). The van der Waals surface area contributed by atoms with E-state index in [1.807, 2.05) is 18.2 Å². The molecule has 1 heterocycles. The molecule has 1 aliphatic heterocycles. The fraction of sp³-hybridized carbons (Fsp3) is 0.571. The summed E-state index contributed by atoms with van der Waals surface area (Å²) in [5.41, 5.74) is 2.01. The molecule has 0 bridgehead atoms. The molecule has 1 fully saturated rings. The molecule has 0 amide bonds. The van der Waals surface area contributed by atoms with Gasteiger partial charge in [0.15, 0.2) is 0 Å². The summed E-state index contributed by atoms with van der Waals surface area (Å²) in [6.07, 6.45) is 0.0996. The Kier molecular flexibility index (Phi) is 4.30. The molecule has 1 aliphatic rings. The lowest BCUT2D eigenvalue weighted by molar-refractivity contribution is 0.0968. The Morgan fingerprint density at radius 1 is 1.44 bits per heavy atom. The van der Waals surface area contributed by atoms with Crippen LogP contribution in [0.1, 0.15) is 31.9 Å². The molecule has 0 aromatic heterocycles. The van der Waals surface area contributed by atoms with E-state index in [0.29, 0.717) is 0 Å². The number of halogens is 1. The minimum atomic E-state index is -0.486. The fourth-order valence-electron chi connectivity index (χ4n) is 2.50. The van der Waals surface area contributed by atoms with E-state index in [-0.39, 0.29) is 12.0 Å². The zero-order chi connectivity index (χ0) is 13.3. The van der Waals surface area contributed by atoms with Crippen LogP contribution in [-0.2, 0) is 0 Å². The van der Waals surface area contributed by atoms with Crippen LogP contribution in [0.2, 0.25) is 0 Å². The van der Waals surface area contributed by atoms with Gasteiger partial charge in [0, 0.05) is 28.8 Å². The minimum absolute atomic E-state index is 0.202. The highest BCUT2D eigenvalue weighted by atomic mass is 79.9. The van der Waals surface area contributed by atoms with Gasteiger partial charge in [-0.3, -0.25) is 0 Å². The summed E-state index contributed by atoms with van der Waals surface area (Å²) in [7, 11) is 0. The monoisotopic (exact) mass is 313 g/mol. The van der Waals surface area contributed by atoms with Gasteiger partial charge in [0.25, 0.3) is 0 Å². The molecule has 1 aromatic rings. The number of aliphatic hydroxyl groups is 2. The van der Waals surface area contributed by atoms with Crippen molar-refractivity contribution in [2.75, 3.05) is 18.0 Å². The average molecular weight is 314 g/mol. The van der Waals surface area contributed by atoms with Crippen molar-refractivity contribution in [2.45, 2.75) is 32.5 Å². The Morgan fingerprint density at radius 2 is 2.17 bits per heavy atom. The Hall–Kier alpha value is -0.580. The highest BCUT2D eigenvalue weighted by Gasteiger charge is 2.26. The Morgan fingerprint density at radius 3 is 2.78 bits per heavy atom. The van der Waals surface area contributed by atoms with Gasteiger partial charge in [-0.25, -0.2) is 0 Å². The Balaban J connectivity index is 2.28. The molecule has 0 aliphatic carbocycles. The van der Waals surface area contributed by atoms with E-state index in [0.717, 1.165) is 35.2 Å². The molecular formula is C14H20BrNO2. The molecule has 0 saturated carbocycles. The quantitative estimate of drug-likeness (QED) is 0.882. The zero-order valence-corrected chi connectivity index (χ0v) is 12.4. The first kappa shape index (κ1) is 13.8. The highest BCUT2D eigenvalue weighted by Crippen LogP contribution is 2.32. The molecule has 3 unspecified atom stereocenters. The van der Waals surface area contributed by atoms with Crippen molar-refractivity contribution in [3.63, 3.8) is 0 Å². The average Bonchev–Trinajstić information content (AvgIpc) is 2.32. The predicted molar refractivity (Wildman–Crippen MR) is 76.8 cm³/mol. The van der Waals surface area contributed by atoms with Gasteiger partial charge >= 0.3 is 0 Å². The third-order valence-corrected chi connectivity index (χ3v) is 4.13. The number of piperidine rings is 1. The van der Waals surface area contributed by atoms with Crippen molar-refractivity contribution in [2.24, 2.45) is 5.92 Å². The maximum Gasteiger partial charge on any atom is 0.0782 e. The van der Waals surface area contributed by atoms with Crippen molar-refractivity contribution >= 4 is 21.6 Å². The zero-order valence-electron chi connectivity index (χ0n) is 10.8. The first-order valence-electron chi connectivity index (χ1n) is 6.39. The van der Waals surface area contributed by atoms with Gasteiger partial charge in [-0.05, 0) is 37.5 Å². The fourth-order valence-corrected chi connectivity index (χ4v) is 2.88. The van der Waals surface area contributed by atoms with Crippen LogP contribution in [0.4, 0.5) is 5.69 Å². The molecule has 0 spiro atoms. The third kappa shape index (κ3) is 2.87. The van der Waals surface area contributed by atoms with E-state index in [1.165, 1.54) is 0 Å². The standard InChI is InChI=1S/C14H20BrNO2/c1-9-8-16(6-5-14(9)18)13-4-3-11(15)7-12(13)10(2)17/h3-4,7,9-10,14,17-18H,5-6,8H2,1-2H3. The Bertz CT molecular complexity index is 422. The second-order valence-electron chi connectivity index (χ2n) is 5.16. The van der Waals surface area contributed by atoms with Gasteiger partial charge < -0.3 is 15.1 Å². The molecule has 18 heavy (non-hydrogen) atoms. The van der Waals surface area contributed by atoms with Gasteiger partial charge in [-0.2, -0.15) is 0 Å². The number of hydrogen-bond donors (Lipinski definition) is 2. The topological polar surface area (TPSA) is 43.7 Å². The minimum Gasteiger partial charge on any atom is -0.393 e. The van der Waals surface area contributed by atoms with Crippen LogP contribution in [-0.4, -0.2) is 29.4 Å². The van der Waals surface area contributed by atoms with Crippen molar-refractivity contribution in [3.8, 4) is 0 Å². The van der Waals surface area contributed by atoms with E-state index in [2.05, 4.69) is 27.8 Å². The first-order valence-corrected chi connectivity index (χ1v) is 7.19. The molecule has 1 aromatic carbocycles. The van der Waals surface area contributed by atoms with Gasteiger partial charge in [-0.15, -0.1) is 0 Å². The molecule has 0 radical (unpaired) electrons. The Labute approximate surface area is 117 Å². The van der Waals surface area contributed by atoms with Crippen LogP contribution in [0.5, 0.6) is 0 Å². The van der Waals surface area contributed by atoms with E-state index in [9.17, 15) is 10.2 Å². The van der Waals surface area contributed by atoms with Gasteiger partial charge in [0.1, 0.15) is 0 Å². The van der Waals surface area contributed by atoms with Gasteiger partial charge in [0.2, 0.25) is 0 Å². The molecule has 4 heteroatoms. The van der Waals surface area contributed by atoms with Crippen LogP contribution >= 0.6 is 15.9 Å². The normalized spacial score (nSPS) is 26.2. The first-order chi connectivity index (χ1) is 8.49. The summed E-state index contributed by atoms with van der Waals surface area (Å²) in [5, 5.41) is 19.7. The molecule has 3 atom stereocenters. The highest BCUT2D eigenvalue weighted by molar-refractivity contribution is 9.10. The summed E-state index contributed by atoms with van der Waals surface area (Å²) in [6.45, 7) is 5.53. The number of anilines is 1. The summed E-state index contributed by atoms with van der Waals surface area (Å²) >= 11 is 3.44.